The van der Waals surface area contributed by atoms with Crippen molar-refractivity contribution in [3.8, 4) is 5.75 Å². The molecule has 0 saturated heterocycles. The second-order valence-corrected chi connectivity index (χ2v) is 5.15. The molecule has 1 heterocycles. The van der Waals surface area contributed by atoms with Crippen molar-refractivity contribution in [3.05, 3.63) is 63.7 Å². The van der Waals surface area contributed by atoms with Crippen LogP contribution in [0.15, 0.2) is 45.8 Å². The average Bonchev–Trinajstić information content (AvgIpc) is 2.46. The van der Waals surface area contributed by atoms with E-state index in [0.29, 0.717) is 17.9 Å². The van der Waals surface area contributed by atoms with E-state index in [0.717, 1.165) is 12.1 Å². The Morgan fingerprint density at radius 1 is 1.22 bits per heavy atom. The molecule has 1 aromatic carbocycles. The highest BCUT2D eigenvalue weighted by Gasteiger charge is 2.30. The summed E-state index contributed by atoms with van der Waals surface area (Å²) in [7, 11) is 3.09. The van der Waals surface area contributed by atoms with Crippen molar-refractivity contribution in [3.63, 3.8) is 0 Å². The van der Waals surface area contributed by atoms with Crippen molar-refractivity contribution in [2.24, 2.45) is 0 Å². The molecule has 1 aromatic heterocycles. The zero-order valence-electron chi connectivity index (χ0n) is 12.7. The molecule has 0 bridgehead atoms. The smallest absolute Gasteiger partial charge is 0.416 e. The van der Waals surface area contributed by atoms with Gasteiger partial charge in [0, 0.05) is 12.6 Å². The van der Waals surface area contributed by atoms with Crippen LogP contribution in [0.5, 0.6) is 5.75 Å². The maximum absolute atomic E-state index is 12.7. The first kappa shape index (κ1) is 17.1. The molecule has 0 N–H and O–H groups in total. The van der Waals surface area contributed by atoms with Crippen LogP contribution in [0.25, 0.3) is 0 Å². The van der Waals surface area contributed by atoms with E-state index in [1.165, 1.54) is 25.5 Å². The Labute approximate surface area is 131 Å². The van der Waals surface area contributed by atoms with Gasteiger partial charge in [0.05, 0.1) is 19.2 Å². The number of ether oxygens (including phenoxy) is 1. The van der Waals surface area contributed by atoms with Crippen molar-refractivity contribution < 1.29 is 22.3 Å². The van der Waals surface area contributed by atoms with Gasteiger partial charge in [-0.15, -0.1) is 0 Å². The summed E-state index contributed by atoms with van der Waals surface area (Å²) in [6.45, 7) is 0.579. The van der Waals surface area contributed by atoms with Gasteiger partial charge in [0.2, 0.25) is 11.2 Å². The maximum atomic E-state index is 12.7. The van der Waals surface area contributed by atoms with E-state index in [1.807, 2.05) is 0 Å². The first-order valence-corrected chi connectivity index (χ1v) is 6.80. The van der Waals surface area contributed by atoms with Crippen molar-refractivity contribution in [1.82, 2.24) is 4.90 Å². The van der Waals surface area contributed by atoms with Crippen LogP contribution in [0, 0.1) is 0 Å². The van der Waals surface area contributed by atoms with Crippen LogP contribution in [0.2, 0.25) is 0 Å². The summed E-state index contributed by atoms with van der Waals surface area (Å²) in [4.78, 5) is 13.4. The molecular weight excluding hydrogens is 311 g/mol. The lowest BCUT2D eigenvalue weighted by atomic mass is 10.1. The van der Waals surface area contributed by atoms with E-state index in [4.69, 9.17) is 9.15 Å². The summed E-state index contributed by atoms with van der Waals surface area (Å²) in [5.41, 5.74) is -0.459. The molecule has 0 atom stereocenters. The summed E-state index contributed by atoms with van der Waals surface area (Å²) in [5, 5.41) is 0. The lowest BCUT2D eigenvalue weighted by molar-refractivity contribution is -0.137. The molecule has 0 fully saturated rings. The van der Waals surface area contributed by atoms with Gasteiger partial charge in [0.1, 0.15) is 12.0 Å². The minimum atomic E-state index is -4.36. The lowest BCUT2D eigenvalue weighted by Crippen LogP contribution is -2.19. The molecule has 0 aliphatic rings. The van der Waals surface area contributed by atoms with Gasteiger partial charge in [-0.3, -0.25) is 9.69 Å². The third kappa shape index (κ3) is 4.59. The molecule has 124 valence electrons. The molecule has 7 heteroatoms. The van der Waals surface area contributed by atoms with Gasteiger partial charge < -0.3 is 9.15 Å². The molecule has 0 spiro atoms. The maximum Gasteiger partial charge on any atom is 0.416 e. The van der Waals surface area contributed by atoms with Gasteiger partial charge in [-0.25, -0.2) is 0 Å². The van der Waals surface area contributed by atoms with E-state index in [-0.39, 0.29) is 17.7 Å². The van der Waals surface area contributed by atoms with Gasteiger partial charge in [-0.05, 0) is 18.7 Å². The lowest BCUT2D eigenvalue weighted by Gasteiger charge is -2.17. The summed E-state index contributed by atoms with van der Waals surface area (Å²) in [6, 6.07) is 6.45. The number of methoxy groups -OCH3 is 1. The highest BCUT2D eigenvalue weighted by atomic mass is 19.4. The van der Waals surface area contributed by atoms with Crippen molar-refractivity contribution in [2.45, 2.75) is 19.3 Å². The molecule has 0 aliphatic heterocycles. The fourth-order valence-electron chi connectivity index (χ4n) is 2.15. The summed E-state index contributed by atoms with van der Waals surface area (Å²) >= 11 is 0. The van der Waals surface area contributed by atoms with Crippen LogP contribution in [0.3, 0.4) is 0 Å². The summed E-state index contributed by atoms with van der Waals surface area (Å²) in [5.74, 6) is 0.513. The second kappa shape index (κ2) is 6.87. The fraction of sp³-hybridized carbons (Fsp3) is 0.312. The predicted octanol–water partition coefficient (Wildman–Crippen LogP) is 3.30. The molecule has 23 heavy (non-hydrogen) atoms. The third-order valence-electron chi connectivity index (χ3n) is 3.20. The van der Waals surface area contributed by atoms with E-state index in [2.05, 4.69) is 0 Å². The first-order chi connectivity index (χ1) is 10.8. The molecule has 0 unspecified atom stereocenters. The number of nitrogens with zero attached hydrogens (tertiary/aromatic N) is 1. The highest BCUT2D eigenvalue weighted by molar-refractivity contribution is 5.25. The number of rotatable bonds is 5. The van der Waals surface area contributed by atoms with Gasteiger partial charge >= 0.3 is 6.18 Å². The zero-order valence-corrected chi connectivity index (χ0v) is 12.7. The molecule has 4 nitrogen and oxygen atoms in total. The molecule has 0 radical (unpaired) electrons. The molecular formula is C16H16F3NO3. The van der Waals surface area contributed by atoms with E-state index in [9.17, 15) is 18.0 Å². The Morgan fingerprint density at radius 3 is 2.57 bits per heavy atom. The molecule has 0 saturated carbocycles. The van der Waals surface area contributed by atoms with Crippen LogP contribution in [0.1, 0.15) is 16.9 Å². The average molecular weight is 327 g/mol. The normalized spacial score (nSPS) is 11.7. The highest BCUT2D eigenvalue weighted by Crippen LogP contribution is 2.29. The van der Waals surface area contributed by atoms with Crippen molar-refractivity contribution >= 4 is 0 Å². The summed E-state index contributed by atoms with van der Waals surface area (Å²) < 4.78 is 48.2. The zero-order chi connectivity index (χ0) is 17.0. The Hall–Kier alpha value is -2.28. The quantitative estimate of drug-likeness (QED) is 0.845. The van der Waals surface area contributed by atoms with Gasteiger partial charge in [-0.2, -0.15) is 13.2 Å². The monoisotopic (exact) mass is 327 g/mol. The molecule has 2 rings (SSSR count). The third-order valence-corrected chi connectivity index (χ3v) is 3.20. The van der Waals surface area contributed by atoms with Crippen molar-refractivity contribution in [1.29, 1.82) is 0 Å². The van der Waals surface area contributed by atoms with Crippen LogP contribution >= 0.6 is 0 Å². The van der Waals surface area contributed by atoms with Crippen LogP contribution in [-0.2, 0) is 19.3 Å². The SMILES string of the molecule is COc1coc(CN(C)Cc2cccc(C(F)(F)F)c2)cc1=O. The minimum Gasteiger partial charge on any atom is -0.490 e. The predicted molar refractivity (Wildman–Crippen MR) is 78.1 cm³/mol. The Bertz CT molecular complexity index is 725. The number of benzene rings is 1. The number of alkyl halides is 3. The Balaban J connectivity index is 2.06. The van der Waals surface area contributed by atoms with Gasteiger partial charge in [0.25, 0.3) is 0 Å². The second-order valence-electron chi connectivity index (χ2n) is 5.15. The number of hydrogen-bond donors (Lipinski definition) is 0. The van der Waals surface area contributed by atoms with Gasteiger partial charge in [-0.1, -0.05) is 18.2 Å². The Kier molecular flexibility index (Phi) is 5.10. The van der Waals surface area contributed by atoms with E-state index in [1.54, 1.807) is 18.0 Å². The standard InChI is InChI=1S/C16H16F3NO3/c1-20(9-13-7-14(21)15(22-2)10-23-13)8-11-4-3-5-12(6-11)16(17,18)19/h3-7,10H,8-9H2,1-2H3. The molecule has 0 amide bonds. The topological polar surface area (TPSA) is 42.7 Å². The largest absolute Gasteiger partial charge is 0.490 e. The molecule has 0 aliphatic carbocycles. The molecule has 2 aromatic rings. The van der Waals surface area contributed by atoms with Crippen molar-refractivity contribution in [2.75, 3.05) is 14.2 Å². The van der Waals surface area contributed by atoms with Crippen LogP contribution < -0.4 is 10.2 Å². The van der Waals surface area contributed by atoms with E-state index < -0.39 is 11.7 Å². The number of hydrogen-bond acceptors (Lipinski definition) is 4. The first-order valence-electron chi connectivity index (χ1n) is 6.80. The van der Waals surface area contributed by atoms with Crippen LogP contribution in [-0.4, -0.2) is 19.1 Å². The van der Waals surface area contributed by atoms with E-state index >= 15 is 0 Å². The van der Waals surface area contributed by atoms with Gasteiger partial charge in [0.15, 0.2) is 0 Å². The fourth-order valence-corrected chi connectivity index (χ4v) is 2.15. The number of halogens is 3. The van der Waals surface area contributed by atoms with Crippen LogP contribution in [0.4, 0.5) is 13.2 Å². The Morgan fingerprint density at radius 2 is 1.96 bits per heavy atom. The summed E-state index contributed by atoms with van der Waals surface area (Å²) in [6.07, 6.45) is -3.15. The minimum absolute atomic E-state index is 0.106.